The molecule has 0 radical (unpaired) electrons. The maximum absolute atomic E-state index is 11.8. The van der Waals surface area contributed by atoms with Crippen molar-refractivity contribution >= 4 is 0 Å². The molecule has 0 spiro atoms. The summed E-state index contributed by atoms with van der Waals surface area (Å²) >= 11 is 0. The van der Waals surface area contributed by atoms with E-state index in [4.69, 9.17) is 5.11 Å². The first-order valence-corrected chi connectivity index (χ1v) is 5.86. The van der Waals surface area contributed by atoms with Crippen molar-refractivity contribution in [2.45, 2.75) is 44.7 Å². The third kappa shape index (κ3) is 5.61. The maximum atomic E-state index is 11.8. The van der Waals surface area contributed by atoms with Gasteiger partial charge in [-0.2, -0.15) is 13.2 Å². The summed E-state index contributed by atoms with van der Waals surface area (Å²) in [4.78, 5) is 0. The summed E-state index contributed by atoms with van der Waals surface area (Å²) in [5, 5.41) is 8.66. The zero-order valence-corrected chi connectivity index (χ0v) is 9.63. The summed E-state index contributed by atoms with van der Waals surface area (Å²) < 4.78 is 35.5. The van der Waals surface area contributed by atoms with E-state index in [9.17, 15) is 13.2 Å². The molecule has 17 heavy (non-hydrogen) atoms. The largest absolute Gasteiger partial charge is 0.508 e. The number of hydrogen-bond donors (Lipinski definition) is 1. The van der Waals surface area contributed by atoms with Gasteiger partial charge in [-0.25, -0.2) is 0 Å². The van der Waals surface area contributed by atoms with Crippen LogP contribution in [-0.4, -0.2) is 5.11 Å². The van der Waals surface area contributed by atoms with Crippen LogP contribution in [0, 0.1) is 0 Å². The Bertz CT molecular complexity index is 301. The van der Waals surface area contributed by atoms with E-state index in [-0.39, 0.29) is 5.75 Å². The lowest BCUT2D eigenvalue weighted by Gasteiger charge is -2.05. The summed E-state index contributed by atoms with van der Waals surface area (Å²) in [6.07, 6.45) is 4.67. The highest BCUT2D eigenvalue weighted by molar-refractivity contribution is 5.27. The highest BCUT2D eigenvalue weighted by Gasteiger charge is 2.29. The Morgan fingerprint density at radius 2 is 1.12 bits per heavy atom. The van der Waals surface area contributed by atoms with Crippen LogP contribution in [0.3, 0.4) is 0 Å². The van der Waals surface area contributed by atoms with Crippen LogP contribution in [0.5, 0.6) is 5.75 Å². The van der Waals surface area contributed by atoms with Crippen LogP contribution in [0.4, 0.5) is 13.2 Å². The van der Waals surface area contributed by atoms with E-state index >= 15 is 0 Å². The van der Waals surface area contributed by atoms with Gasteiger partial charge in [0.2, 0.25) is 0 Å². The average Bonchev–Trinajstić information content (AvgIpc) is 2.31. The van der Waals surface area contributed by atoms with Gasteiger partial charge in [-0.05, 0) is 24.3 Å². The van der Waals surface area contributed by atoms with Gasteiger partial charge >= 0.3 is 6.18 Å². The van der Waals surface area contributed by atoms with Crippen LogP contribution in [0.15, 0.2) is 24.3 Å². The molecule has 1 aliphatic carbocycles. The molecular formula is C13H17F3O. The van der Waals surface area contributed by atoms with Crippen LogP contribution in [0.25, 0.3) is 0 Å². The normalized spacial score (nSPS) is 15.9. The number of rotatable bonds is 0. The molecule has 96 valence electrons. The van der Waals surface area contributed by atoms with E-state index in [1.54, 1.807) is 0 Å². The van der Waals surface area contributed by atoms with Gasteiger partial charge in [0.15, 0.2) is 0 Å². The van der Waals surface area contributed by atoms with E-state index < -0.39 is 11.7 Å². The van der Waals surface area contributed by atoms with Gasteiger partial charge in [0, 0.05) is 0 Å². The molecule has 1 saturated carbocycles. The fourth-order valence-corrected chi connectivity index (χ4v) is 1.71. The van der Waals surface area contributed by atoms with Gasteiger partial charge in [0.05, 0.1) is 5.56 Å². The van der Waals surface area contributed by atoms with Gasteiger partial charge in [-0.3, -0.25) is 0 Å². The summed E-state index contributed by atoms with van der Waals surface area (Å²) in [5.74, 6) is -0.169. The summed E-state index contributed by atoms with van der Waals surface area (Å²) in [6, 6.07) is 3.66. The van der Waals surface area contributed by atoms with Crippen molar-refractivity contribution in [3.63, 3.8) is 0 Å². The quantitative estimate of drug-likeness (QED) is 0.700. The van der Waals surface area contributed by atoms with Crippen LogP contribution in [-0.2, 0) is 6.18 Å². The minimum absolute atomic E-state index is 0.169. The maximum Gasteiger partial charge on any atom is 0.416 e. The second kappa shape index (κ2) is 6.52. The molecule has 0 bridgehead atoms. The van der Waals surface area contributed by atoms with Crippen LogP contribution in [0.1, 0.15) is 44.1 Å². The minimum Gasteiger partial charge on any atom is -0.508 e. The Morgan fingerprint density at radius 3 is 1.41 bits per heavy atom. The third-order valence-electron chi connectivity index (χ3n) is 2.69. The first-order chi connectivity index (χ1) is 8.00. The first-order valence-electron chi connectivity index (χ1n) is 5.86. The van der Waals surface area contributed by atoms with Crippen molar-refractivity contribution in [1.29, 1.82) is 0 Å². The molecule has 1 fully saturated rings. The van der Waals surface area contributed by atoms with Crippen LogP contribution < -0.4 is 0 Å². The van der Waals surface area contributed by atoms with Crippen LogP contribution >= 0.6 is 0 Å². The summed E-state index contributed by atoms with van der Waals surface area (Å²) in [7, 11) is 0. The van der Waals surface area contributed by atoms with Gasteiger partial charge in [0.1, 0.15) is 5.75 Å². The van der Waals surface area contributed by atoms with E-state index in [2.05, 4.69) is 0 Å². The average molecular weight is 246 g/mol. The Kier molecular flexibility index (Phi) is 5.32. The second-order valence-electron chi connectivity index (χ2n) is 4.17. The predicted molar refractivity (Wildman–Crippen MR) is 60.8 cm³/mol. The Labute approximate surface area is 99.3 Å². The monoisotopic (exact) mass is 246 g/mol. The number of alkyl halides is 3. The molecule has 0 aromatic heterocycles. The topological polar surface area (TPSA) is 20.2 Å². The minimum atomic E-state index is -4.33. The molecule has 2 rings (SSSR count). The number of phenols is 1. The number of phenolic OH excluding ortho intramolecular Hbond substituents is 1. The van der Waals surface area contributed by atoms with Crippen molar-refractivity contribution in [1.82, 2.24) is 0 Å². The zero-order chi connectivity index (χ0) is 12.7. The number of aromatic hydroxyl groups is 1. The predicted octanol–water partition coefficient (Wildman–Crippen LogP) is 4.75. The Balaban J connectivity index is 0.000000202. The molecule has 0 atom stereocenters. The smallest absolute Gasteiger partial charge is 0.416 e. The van der Waals surface area contributed by atoms with E-state index in [0.29, 0.717) is 0 Å². The van der Waals surface area contributed by atoms with Crippen molar-refractivity contribution < 1.29 is 18.3 Å². The lowest BCUT2D eigenvalue weighted by molar-refractivity contribution is -0.137. The molecule has 0 aliphatic heterocycles. The molecule has 1 nitrogen and oxygen atoms in total. The molecule has 4 heteroatoms. The van der Waals surface area contributed by atoms with Crippen molar-refractivity contribution in [3.05, 3.63) is 29.8 Å². The Morgan fingerprint density at radius 1 is 0.765 bits per heavy atom. The SMILES string of the molecule is C1CCCCC1.Oc1ccc(C(F)(F)F)cc1. The van der Waals surface area contributed by atoms with Crippen molar-refractivity contribution in [3.8, 4) is 5.75 Å². The fraction of sp³-hybridized carbons (Fsp3) is 0.538. The number of hydrogen-bond acceptors (Lipinski definition) is 1. The molecule has 1 N–H and O–H groups in total. The second-order valence-corrected chi connectivity index (χ2v) is 4.17. The lowest BCUT2D eigenvalue weighted by atomic mass is 10.0. The van der Waals surface area contributed by atoms with Crippen LogP contribution in [0.2, 0.25) is 0 Å². The van der Waals surface area contributed by atoms with E-state index in [0.717, 1.165) is 24.3 Å². The highest BCUT2D eigenvalue weighted by atomic mass is 19.4. The number of halogens is 3. The molecule has 0 heterocycles. The summed E-state index contributed by atoms with van der Waals surface area (Å²) in [6.45, 7) is 0. The lowest BCUT2D eigenvalue weighted by Crippen LogP contribution is -2.03. The zero-order valence-electron chi connectivity index (χ0n) is 9.63. The van der Waals surface area contributed by atoms with Gasteiger partial charge in [-0.1, -0.05) is 38.5 Å². The number of benzene rings is 1. The fourth-order valence-electron chi connectivity index (χ4n) is 1.71. The van der Waals surface area contributed by atoms with Crippen molar-refractivity contribution in [2.75, 3.05) is 0 Å². The van der Waals surface area contributed by atoms with E-state index in [1.165, 1.54) is 38.5 Å². The van der Waals surface area contributed by atoms with Gasteiger partial charge in [-0.15, -0.1) is 0 Å². The molecular weight excluding hydrogens is 229 g/mol. The third-order valence-corrected chi connectivity index (χ3v) is 2.69. The van der Waals surface area contributed by atoms with Crippen molar-refractivity contribution in [2.24, 2.45) is 0 Å². The Hall–Kier alpha value is -1.19. The molecule has 1 aromatic rings. The molecule has 0 unspecified atom stereocenters. The molecule has 0 amide bonds. The van der Waals surface area contributed by atoms with Gasteiger partial charge in [0.25, 0.3) is 0 Å². The molecule has 0 saturated heterocycles. The highest BCUT2D eigenvalue weighted by Crippen LogP contribution is 2.29. The molecule has 1 aliphatic rings. The first kappa shape index (κ1) is 13.9. The van der Waals surface area contributed by atoms with E-state index in [1.807, 2.05) is 0 Å². The standard InChI is InChI=1S/C7H5F3O.C6H12/c8-7(9,10)5-1-3-6(11)4-2-5;1-2-4-6-5-3-1/h1-4,11H;1-6H2. The summed E-state index contributed by atoms with van der Waals surface area (Å²) in [5.41, 5.74) is -0.754. The van der Waals surface area contributed by atoms with Gasteiger partial charge < -0.3 is 5.11 Å². The molecule has 1 aromatic carbocycles.